The van der Waals surface area contributed by atoms with Crippen molar-refractivity contribution in [2.45, 2.75) is 187 Å². The van der Waals surface area contributed by atoms with Crippen LogP contribution in [0.4, 0.5) is 0 Å². The third-order valence-corrected chi connectivity index (χ3v) is 9.29. The third kappa shape index (κ3) is 36.1. The van der Waals surface area contributed by atoms with E-state index < -0.39 is 32.5 Å². The molecule has 0 spiro atoms. The zero-order chi connectivity index (χ0) is 36.1. The van der Waals surface area contributed by atoms with Gasteiger partial charge in [0.15, 0.2) is 6.10 Å². The van der Waals surface area contributed by atoms with Crippen molar-refractivity contribution in [3.63, 3.8) is 0 Å². The van der Waals surface area contributed by atoms with E-state index in [9.17, 15) is 19.0 Å². The molecule has 0 aromatic rings. The van der Waals surface area contributed by atoms with Gasteiger partial charge in [-0.05, 0) is 64.2 Å². The van der Waals surface area contributed by atoms with Gasteiger partial charge in [0.1, 0.15) is 6.61 Å². The molecule has 9 nitrogen and oxygen atoms in total. The topological polar surface area (TPSA) is 134 Å². The first-order chi connectivity index (χ1) is 23.8. The van der Waals surface area contributed by atoms with Crippen LogP contribution in [-0.4, -0.2) is 49.3 Å². The largest absolute Gasteiger partial charge is 0.472 e. The molecule has 0 saturated carbocycles. The molecule has 0 amide bonds. The average molecular weight is 716 g/mol. The van der Waals surface area contributed by atoms with Gasteiger partial charge in [0, 0.05) is 19.4 Å². The van der Waals surface area contributed by atoms with Gasteiger partial charge in [-0.2, -0.15) is 0 Å². The second-order valence-corrected chi connectivity index (χ2v) is 14.6. The lowest BCUT2D eigenvalue weighted by Gasteiger charge is -2.19. The average Bonchev–Trinajstić information content (AvgIpc) is 3.08. The van der Waals surface area contributed by atoms with Gasteiger partial charge in [0.2, 0.25) is 0 Å². The second kappa shape index (κ2) is 36.3. The first-order valence-corrected chi connectivity index (χ1v) is 21.3. The monoisotopic (exact) mass is 716 g/mol. The number of phosphoric ester groups is 1. The number of hydrogen-bond acceptors (Lipinski definition) is 8. The van der Waals surface area contributed by atoms with Gasteiger partial charge in [0.25, 0.3) is 0 Å². The number of esters is 2. The first-order valence-electron chi connectivity index (χ1n) is 19.8. The Kier molecular flexibility index (Phi) is 35.2. The number of nitrogens with two attached hydrogens (primary N) is 1. The summed E-state index contributed by atoms with van der Waals surface area (Å²) in [6.45, 7) is 3.69. The van der Waals surface area contributed by atoms with E-state index in [4.69, 9.17) is 24.3 Å². The van der Waals surface area contributed by atoms with Crippen molar-refractivity contribution in [3.8, 4) is 0 Å². The quantitative estimate of drug-likeness (QED) is 0.0279. The summed E-state index contributed by atoms with van der Waals surface area (Å²) in [6.07, 6.45) is 36.3. The van der Waals surface area contributed by atoms with E-state index >= 15 is 0 Å². The number of unbranched alkanes of at least 4 members (excludes halogenated alkanes) is 20. The second-order valence-electron chi connectivity index (χ2n) is 13.1. The van der Waals surface area contributed by atoms with Gasteiger partial charge in [-0.3, -0.25) is 18.6 Å². The van der Waals surface area contributed by atoms with E-state index in [0.717, 1.165) is 57.8 Å². The molecule has 288 valence electrons. The number of rotatable bonds is 37. The lowest BCUT2D eigenvalue weighted by molar-refractivity contribution is -0.161. The Labute approximate surface area is 300 Å². The maximum absolute atomic E-state index is 12.5. The maximum atomic E-state index is 12.5. The van der Waals surface area contributed by atoms with Crippen LogP contribution in [-0.2, 0) is 32.7 Å². The predicted octanol–water partition coefficient (Wildman–Crippen LogP) is 10.8. The summed E-state index contributed by atoms with van der Waals surface area (Å²) in [5, 5.41) is 0. The molecule has 0 fully saturated rings. The van der Waals surface area contributed by atoms with Crippen molar-refractivity contribution in [2.24, 2.45) is 5.73 Å². The zero-order valence-corrected chi connectivity index (χ0v) is 32.3. The van der Waals surface area contributed by atoms with Crippen LogP contribution in [0.5, 0.6) is 0 Å². The van der Waals surface area contributed by atoms with Crippen LogP contribution in [0.25, 0.3) is 0 Å². The molecule has 0 aliphatic carbocycles. The summed E-state index contributed by atoms with van der Waals surface area (Å²) >= 11 is 0. The molecular weight excluding hydrogens is 641 g/mol. The van der Waals surface area contributed by atoms with Gasteiger partial charge in [-0.15, -0.1) is 0 Å². The van der Waals surface area contributed by atoms with Crippen LogP contribution in [0.2, 0.25) is 0 Å². The molecule has 0 saturated heterocycles. The Morgan fingerprint density at radius 3 is 1.47 bits per heavy atom. The Hall–Kier alpha value is -1.51. The highest BCUT2D eigenvalue weighted by atomic mass is 31.2. The van der Waals surface area contributed by atoms with E-state index in [2.05, 4.69) is 38.2 Å². The highest BCUT2D eigenvalue weighted by Gasteiger charge is 2.25. The normalized spacial score (nSPS) is 13.6. The van der Waals surface area contributed by atoms with Gasteiger partial charge < -0.3 is 20.1 Å². The number of allylic oxidation sites excluding steroid dienone is 4. The van der Waals surface area contributed by atoms with E-state index in [1.165, 1.54) is 83.5 Å². The molecule has 0 radical (unpaired) electrons. The van der Waals surface area contributed by atoms with E-state index in [1.54, 1.807) is 0 Å². The van der Waals surface area contributed by atoms with E-state index in [-0.39, 0.29) is 32.6 Å². The Morgan fingerprint density at radius 1 is 0.592 bits per heavy atom. The number of carbonyl (C=O) groups is 2. The van der Waals surface area contributed by atoms with Crippen molar-refractivity contribution in [2.75, 3.05) is 26.4 Å². The molecule has 0 aromatic heterocycles. The van der Waals surface area contributed by atoms with Crippen LogP contribution in [0.1, 0.15) is 181 Å². The van der Waals surface area contributed by atoms with Gasteiger partial charge in [-0.25, -0.2) is 4.57 Å². The summed E-state index contributed by atoms with van der Waals surface area (Å²) < 4.78 is 32.6. The highest BCUT2D eigenvalue weighted by molar-refractivity contribution is 7.47. The minimum atomic E-state index is -4.37. The SMILES string of the molecule is CCCCCCCC/C=C/CCCCCCCC(=O)O[C@H](COC(=O)CCCCC/C=C/CCCCCCCC)COP(=O)(O)OCCN. The number of ether oxygens (including phenoxy) is 2. The molecular formula is C39H74NO8P. The lowest BCUT2D eigenvalue weighted by Crippen LogP contribution is -2.29. The van der Waals surface area contributed by atoms with E-state index in [1.807, 2.05) is 0 Å². The Bertz CT molecular complexity index is 866. The number of phosphoric acid groups is 1. The van der Waals surface area contributed by atoms with Crippen LogP contribution in [0, 0.1) is 0 Å². The molecule has 0 rings (SSSR count). The smallest absolute Gasteiger partial charge is 0.462 e. The molecule has 2 atom stereocenters. The van der Waals surface area contributed by atoms with Crippen molar-refractivity contribution >= 4 is 19.8 Å². The highest BCUT2D eigenvalue weighted by Crippen LogP contribution is 2.43. The molecule has 0 aliphatic heterocycles. The molecule has 10 heteroatoms. The summed E-state index contributed by atoms with van der Waals surface area (Å²) in [4.78, 5) is 34.7. The van der Waals surface area contributed by atoms with E-state index in [0.29, 0.717) is 12.8 Å². The molecule has 3 N–H and O–H groups in total. The van der Waals surface area contributed by atoms with Crippen molar-refractivity contribution in [1.82, 2.24) is 0 Å². The Morgan fingerprint density at radius 2 is 1.00 bits per heavy atom. The van der Waals surface area contributed by atoms with Gasteiger partial charge in [0.05, 0.1) is 13.2 Å². The molecule has 0 aliphatic rings. The summed E-state index contributed by atoms with van der Waals surface area (Å²) in [5.74, 6) is -0.856. The van der Waals surface area contributed by atoms with Crippen LogP contribution in [0.15, 0.2) is 24.3 Å². The van der Waals surface area contributed by atoms with Crippen LogP contribution < -0.4 is 5.73 Å². The number of carbonyl (C=O) groups excluding carboxylic acids is 2. The van der Waals surface area contributed by atoms with Crippen molar-refractivity contribution in [3.05, 3.63) is 24.3 Å². The summed E-state index contributed by atoms with van der Waals surface area (Å²) in [6, 6.07) is 0. The molecule has 1 unspecified atom stereocenters. The van der Waals surface area contributed by atoms with Gasteiger partial charge >= 0.3 is 19.8 Å². The minimum Gasteiger partial charge on any atom is -0.462 e. The third-order valence-electron chi connectivity index (χ3n) is 8.31. The van der Waals surface area contributed by atoms with Gasteiger partial charge in [-0.1, -0.05) is 128 Å². The predicted molar refractivity (Wildman–Crippen MR) is 201 cm³/mol. The number of hydrogen-bond donors (Lipinski definition) is 2. The molecule has 49 heavy (non-hydrogen) atoms. The minimum absolute atomic E-state index is 0.0510. The zero-order valence-electron chi connectivity index (χ0n) is 31.4. The van der Waals surface area contributed by atoms with Crippen molar-refractivity contribution < 1.29 is 37.6 Å². The standard InChI is InChI=1S/C39H74NO8P/c1-3-5-7-9-11-13-15-17-18-20-22-24-26-28-30-32-39(42)48-37(36-47-49(43,44)46-34-33-40)35-45-38(41)31-29-27-25-23-21-19-16-14-12-10-8-6-4-2/h17-19,21,37H,3-16,20,22-36,40H2,1-2H3,(H,43,44)/b18-17+,21-19+/t37-/m1/s1. The van der Waals surface area contributed by atoms with Crippen molar-refractivity contribution in [1.29, 1.82) is 0 Å². The Balaban J connectivity index is 4.24. The fourth-order valence-electron chi connectivity index (χ4n) is 5.33. The summed E-state index contributed by atoms with van der Waals surface area (Å²) in [5.41, 5.74) is 5.33. The molecule has 0 heterocycles. The fourth-order valence-corrected chi connectivity index (χ4v) is 6.09. The first kappa shape index (κ1) is 47.5. The lowest BCUT2D eigenvalue weighted by atomic mass is 10.1. The molecule has 0 aromatic carbocycles. The molecule has 0 bridgehead atoms. The fraction of sp³-hybridized carbons (Fsp3) is 0.846. The maximum Gasteiger partial charge on any atom is 0.472 e. The van der Waals surface area contributed by atoms with Crippen LogP contribution >= 0.6 is 7.82 Å². The summed E-state index contributed by atoms with van der Waals surface area (Å²) in [7, 11) is -4.37. The van der Waals surface area contributed by atoms with Crippen LogP contribution in [0.3, 0.4) is 0 Å².